The number of hydrogen-bond acceptors (Lipinski definition) is 9. The van der Waals surface area contributed by atoms with E-state index >= 15 is 0 Å². The molecule has 2 fully saturated rings. The van der Waals surface area contributed by atoms with Crippen molar-refractivity contribution in [2.45, 2.75) is 37.6 Å². The standard InChI is InChI=1S/C14H22O9/c1-13(7-18-9-15)20-5-11(22-13)3-17-4-12-6-21-14(2,23-12)8-19-10-16/h9-12H,3-8H2,1-2H3. The minimum atomic E-state index is -0.938. The molecule has 4 atom stereocenters. The van der Waals surface area contributed by atoms with Crippen LogP contribution in [0.15, 0.2) is 0 Å². The van der Waals surface area contributed by atoms with Gasteiger partial charge in [0.2, 0.25) is 11.6 Å². The van der Waals surface area contributed by atoms with Crippen LogP contribution < -0.4 is 0 Å². The molecule has 0 bridgehead atoms. The van der Waals surface area contributed by atoms with Gasteiger partial charge in [-0.05, 0) is 13.8 Å². The zero-order chi connectivity index (χ0) is 16.8. The first-order chi connectivity index (χ1) is 11.0. The monoisotopic (exact) mass is 334 g/mol. The SMILES string of the molecule is CC1(COC=O)OCC(COCC2COC(C)(COC=O)O2)O1. The normalized spacial score (nSPS) is 36.8. The molecule has 0 N–H and O–H groups in total. The molecule has 4 unspecified atom stereocenters. The van der Waals surface area contributed by atoms with Crippen molar-refractivity contribution in [1.29, 1.82) is 0 Å². The quantitative estimate of drug-likeness (QED) is 0.495. The largest absolute Gasteiger partial charge is 0.462 e. The Hall–Kier alpha value is -1.26. The van der Waals surface area contributed by atoms with Crippen molar-refractivity contribution >= 4 is 12.9 Å². The van der Waals surface area contributed by atoms with Gasteiger partial charge < -0.3 is 33.2 Å². The van der Waals surface area contributed by atoms with E-state index in [4.69, 9.17) is 23.7 Å². The molecule has 0 amide bonds. The van der Waals surface area contributed by atoms with Crippen LogP contribution in [0.1, 0.15) is 13.8 Å². The molecular weight excluding hydrogens is 312 g/mol. The van der Waals surface area contributed by atoms with Gasteiger partial charge in [0.05, 0.1) is 26.4 Å². The van der Waals surface area contributed by atoms with Crippen molar-refractivity contribution < 1.29 is 42.7 Å². The first-order valence-electron chi connectivity index (χ1n) is 7.30. The van der Waals surface area contributed by atoms with Crippen LogP contribution in [0.25, 0.3) is 0 Å². The summed E-state index contributed by atoms with van der Waals surface area (Å²) >= 11 is 0. The number of hydrogen-bond donors (Lipinski definition) is 0. The number of rotatable bonds is 10. The molecule has 0 aromatic rings. The first-order valence-corrected chi connectivity index (χ1v) is 7.30. The Morgan fingerprint density at radius 2 is 1.35 bits per heavy atom. The highest BCUT2D eigenvalue weighted by atomic mass is 16.8. The van der Waals surface area contributed by atoms with Crippen LogP contribution in [-0.4, -0.2) is 76.4 Å². The average Bonchev–Trinajstić information content (AvgIpc) is 3.08. The molecule has 0 radical (unpaired) electrons. The average molecular weight is 334 g/mol. The van der Waals surface area contributed by atoms with Gasteiger partial charge in [0.1, 0.15) is 25.4 Å². The van der Waals surface area contributed by atoms with Crippen molar-refractivity contribution in [3.63, 3.8) is 0 Å². The Bertz CT molecular complexity index is 368. The van der Waals surface area contributed by atoms with E-state index in [1.807, 2.05) is 0 Å². The van der Waals surface area contributed by atoms with Gasteiger partial charge in [-0.15, -0.1) is 0 Å². The zero-order valence-electron chi connectivity index (χ0n) is 13.2. The molecule has 2 rings (SSSR count). The topological polar surface area (TPSA) is 98.8 Å². The Morgan fingerprint density at radius 3 is 1.74 bits per heavy atom. The molecule has 2 heterocycles. The summed E-state index contributed by atoms with van der Waals surface area (Å²) in [4.78, 5) is 20.4. The Labute approximate surface area is 134 Å². The molecule has 132 valence electrons. The minimum absolute atomic E-state index is 0.0294. The number of ether oxygens (including phenoxy) is 7. The highest BCUT2D eigenvalue weighted by Crippen LogP contribution is 2.25. The molecule has 9 nitrogen and oxygen atoms in total. The van der Waals surface area contributed by atoms with Crippen molar-refractivity contribution in [2.24, 2.45) is 0 Å². The minimum Gasteiger partial charge on any atom is -0.462 e. The van der Waals surface area contributed by atoms with Gasteiger partial charge in [0.15, 0.2) is 0 Å². The fourth-order valence-corrected chi connectivity index (χ4v) is 2.40. The van der Waals surface area contributed by atoms with Gasteiger partial charge in [-0.2, -0.15) is 0 Å². The Balaban J connectivity index is 1.63. The van der Waals surface area contributed by atoms with E-state index in [1.165, 1.54) is 0 Å². The first kappa shape index (κ1) is 18.1. The fraction of sp³-hybridized carbons (Fsp3) is 0.857. The van der Waals surface area contributed by atoms with Gasteiger partial charge in [0, 0.05) is 0 Å². The molecule has 0 spiro atoms. The van der Waals surface area contributed by atoms with Crippen LogP contribution in [0.3, 0.4) is 0 Å². The second kappa shape index (κ2) is 8.02. The van der Waals surface area contributed by atoms with Crippen LogP contribution in [-0.2, 0) is 42.7 Å². The van der Waals surface area contributed by atoms with Crippen molar-refractivity contribution in [1.82, 2.24) is 0 Å². The summed E-state index contributed by atoms with van der Waals surface area (Å²) in [5, 5.41) is 0. The summed E-state index contributed by atoms with van der Waals surface area (Å²) < 4.78 is 37.1. The number of carbonyl (C=O) groups excluding carboxylic acids is 2. The van der Waals surface area contributed by atoms with Crippen LogP contribution in [0.2, 0.25) is 0 Å². The lowest BCUT2D eigenvalue weighted by Gasteiger charge is -2.22. The lowest BCUT2D eigenvalue weighted by Crippen LogP contribution is -2.34. The summed E-state index contributed by atoms with van der Waals surface area (Å²) in [5.41, 5.74) is 0. The summed E-state index contributed by atoms with van der Waals surface area (Å²) in [5.74, 6) is -1.88. The summed E-state index contributed by atoms with van der Waals surface area (Å²) in [7, 11) is 0. The number of carbonyl (C=O) groups is 2. The van der Waals surface area contributed by atoms with Crippen molar-refractivity contribution in [3.8, 4) is 0 Å². The maximum Gasteiger partial charge on any atom is 0.293 e. The molecule has 0 aliphatic carbocycles. The molecule has 2 saturated heterocycles. The molecule has 0 aromatic carbocycles. The second-order valence-electron chi connectivity index (χ2n) is 5.72. The third-order valence-electron chi connectivity index (χ3n) is 3.42. The lowest BCUT2D eigenvalue weighted by molar-refractivity contribution is -0.198. The van der Waals surface area contributed by atoms with Crippen molar-refractivity contribution in [3.05, 3.63) is 0 Å². The maximum atomic E-state index is 10.2. The van der Waals surface area contributed by atoms with Crippen molar-refractivity contribution in [2.75, 3.05) is 39.6 Å². The molecular formula is C14H22O9. The highest BCUT2D eigenvalue weighted by Gasteiger charge is 2.40. The van der Waals surface area contributed by atoms with Crippen LogP contribution in [0.5, 0.6) is 0 Å². The van der Waals surface area contributed by atoms with Gasteiger partial charge in [-0.1, -0.05) is 0 Å². The molecule has 2 aliphatic rings. The van der Waals surface area contributed by atoms with Gasteiger partial charge in [-0.25, -0.2) is 0 Å². The molecule has 9 heteroatoms. The van der Waals surface area contributed by atoms with E-state index in [0.717, 1.165) is 0 Å². The van der Waals surface area contributed by atoms with Gasteiger partial charge in [0.25, 0.3) is 12.9 Å². The van der Waals surface area contributed by atoms with Gasteiger partial charge in [-0.3, -0.25) is 9.59 Å². The van der Waals surface area contributed by atoms with Crippen LogP contribution in [0.4, 0.5) is 0 Å². The van der Waals surface area contributed by atoms with E-state index in [2.05, 4.69) is 9.47 Å². The smallest absolute Gasteiger partial charge is 0.293 e. The predicted molar refractivity (Wildman–Crippen MR) is 73.3 cm³/mol. The third kappa shape index (κ3) is 5.40. The zero-order valence-corrected chi connectivity index (χ0v) is 13.2. The maximum absolute atomic E-state index is 10.2. The second-order valence-corrected chi connectivity index (χ2v) is 5.72. The highest BCUT2D eigenvalue weighted by molar-refractivity contribution is 5.37. The Kier molecular flexibility index (Phi) is 6.31. The van der Waals surface area contributed by atoms with E-state index in [-0.39, 0.29) is 25.4 Å². The van der Waals surface area contributed by atoms with E-state index < -0.39 is 11.6 Å². The summed E-state index contributed by atoms with van der Waals surface area (Å²) in [6, 6.07) is 0. The summed E-state index contributed by atoms with van der Waals surface area (Å²) in [6.45, 7) is 5.50. The molecule has 0 saturated carbocycles. The molecule has 2 aliphatic heterocycles. The molecule has 0 aromatic heterocycles. The van der Waals surface area contributed by atoms with E-state index in [9.17, 15) is 9.59 Å². The van der Waals surface area contributed by atoms with E-state index in [0.29, 0.717) is 39.4 Å². The Morgan fingerprint density at radius 1 is 0.913 bits per heavy atom. The predicted octanol–water partition coefficient (Wildman–Crippen LogP) is -0.388. The van der Waals surface area contributed by atoms with Gasteiger partial charge >= 0.3 is 0 Å². The van der Waals surface area contributed by atoms with Crippen LogP contribution in [0, 0.1) is 0 Å². The van der Waals surface area contributed by atoms with E-state index in [1.54, 1.807) is 13.8 Å². The molecule has 23 heavy (non-hydrogen) atoms. The third-order valence-corrected chi connectivity index (χ3v) is 3.42. The lowest BCUT2D eigenvalue weighted by atomic mass is 10.3. The van der Waals surface area contributed by atoms with Crippen LogP contribution >= 0.6 is 0 Å². The summed E-state index contributed by atoms with van der Waals surface area (Å²) in [6.07, 6.45) is -0.496. The fourth-order valence-electron chi connectivity index (χ4n) is 2.40.